The molecular weight excluding hydrogens is 378 g/mol. The van der Waals surface area contributed by atoms with Gasteiger partial charge < -0.3 is 10.1 Å². The van der Waals surface area contributed by atoms with E-state index in [0.717, 1.165) is 29.7 Å². The summed E-state index contributed by atoms with van der Waals surface area (Å²) in [6, 6.07) is 3.63. The highest BCUT2D eigenvalue weighted by atomic mass is 35.5. The number of carbonyl (C=O) groups is 2. The predicted octanol–water partition coefficient (Wildman–Crippen LogP) is 4.95. The Morgan fingerprint density at radius 1 is 1.36 bits per heavy atom. The molecule has 1 aliphatic rings. The number of ether oxygens (including phenoxy) is 1. The average molecular weight is 398 g/mol. The van der Waals surface area contributed by atoms with Crippen LogP contribution in [0.5, 0.6) is 0 Å². The number of esters is 1. The maximum Gasteiger partial charge on any atom is 0.341 e. The van der Waals surface area contributed by atoms with Crippen LogP contribution in [0.25, 0.3) is 0 Å². The molecule has 25 heavy (non-hydrogen) atoms. The molecule has 2 aromatic rings. The number of amides is 1. The van der Waals surface area contributed by atoms with Crippen LogP contribution in [0.4, 0.5) is 5.00 Å². The molecule has 3 rings (SSSR count). The summed E-state index contributed by atoms with van der Waals surface area (Å²) in [7, 11) is 0. The second kappa shape index (κ2) is 7.89. The van der Waals surface area contributed by atoms with Gasteiger partial charge in [-0.3, -0.25) is 4.79 Å². The third-order valence-electron chi connectivity index (χ3n) is 4.21. The first-order chi connectivity index (χ1) is 12.0. The first-order valence-corrected chi connectivity index (χ1v) is 10.3. The van der Waals surface area contributed by atoms with E-state index in [1.807, 2.05) is 6.07 Å². The third kappa shape index (κ3) is 4.25. The molecule has 0 aliphatic heterocycles. The van der Waals surface area contributed by atoms with Gasteiger partial charge >= 0.3 is 5.97 Å². The number of hydrogen-bond donors (Lipinski definition) is 1. The molecule has 134 valence electrons. The Labute approximate surface area is 160 Å². The number of hydrogen-bond acceptors (Lipinski definition) is 5. The number of rotatable bonds is 5. The molecule has 0 aromatic carbocycles. The summed E-state index contributed by atoms with van der Waals surface area (Å²) in [5.41, 5.74) is 1.60. The van der Waals surface area contributed by atoms with Crippen molar-refractivity contribution in [2.45, 2.75) is 39.5 Å². The Balaban J connectivity index is 1.84. The Hall–Kier alpha value is -1.37. The molecule has 0 unspecified atom stereocenters. The van der Waals surface area contributed by atoms with E-state index in [-0.39, 0.29) is 18.3 Å². The summed E-state index contributed by atoms with van der Waals surface area (Å²) in [5.74, 6) is 0.109. The van der Waals surface area contributed by atoms with E-state index in [1.165, 1.54) is 27.6 Å². The number of fused-ring (bicyclic) bond motifs is 1. The van der Waals surface area contributed by atoms with Crippen LogP contribution in [0, 0.1) is 5.92 Å². The largest absolute Gasteiger partial charge is 0.462 e. The first-order valence-electron chi connectivity index (χ1n) is 8.33. The maximum atomic E-state index is 12.4. The van der Waals surface area contributed by atoms with Crippen molar-refractivity contribution in [1.82, 2.24) is 0 Å². The molecule has 1 N–H and O–H groups in total. The van der Waals surface area contributed by atoms with Gasteiger partial charge in [-0.25, -0.2) is 4.79 Å². The summed E-state index contributed by atoms with van der Waals surface area (Å²) in [6.07, 6.45) is 3.11. The second-order valence-corrected chi connectivity index (χ2v) is 9.11. The van der Waals surface area contributed by atoms with Gasteiger partial charge in [0.25, 0.3) is 0 Å². The van der Waals surface area contributed by atoms with Crippen LogP contribution in [-0.2, 0) is 28.8 Å². The number of halogens is 1. The highest BCUT2D eigenvalue weighted by Gasteiger charge is 2.29. The molecule has 0 radical (unpaired) electrons. The highest BCUT2D eigenvalue weighted by molar-refractivity contribution is 7.17. The van der Waals surface area contributed by atoms with E-state index in [4.69, 9.17) is 16.3 Å². The predicted molar refractivity (Wildman–Crippen MR) is 103 cm³/mol. The van der Waals surface area contributed by atoms with E-state index in [9.17, 15) is 9.59 Å². The lowest BCUT2D eigenvalue weighted by Gasteiger charge is -2.18. The van der Waals surface area contributed by atoms with Crippen LogP contribution in [0.2, 0.25) is 4.34 Å². The van der Waals surface area contributed by atoms with Crippen LogP contribution < -0.4 is 5.32 Å². The van der Waals surface area contributed by atoms with Gasteiger partial charge in [-0.15, -0.1) is 22.7 Å². The number of carbonyl (C=O) groups excluding carboxylic acids is 2. The lowest BCUT2D eigenvalue weighted by molar-refractivity contribution is -0.115. The molecule has 0 saturated carbocycles. The molecule has 0 saturated heterocycles. The van der Waals surface area contributed by atoms with Gasteiger partial charge in [0.05, 0.1) is 22.9 Å². The topological polar surface area (TPSA) is 55.4 Å². The lowest BCUT2D eigenvalue weighted by Crippen LogP contribution is -2.17. The lowest BCUT2D eigenvalue weighted by atomic mass is 9.88. The van der Waals surface area contributed by atoms with Crippen LogP contribution in [0.1, 0.15) is 45.9 Å². The molecule has 7 heteroatoms. The Morgan fingerprint density at radius 3 is 2.84 bits per heavy atom. The zero-order valence-electron chi connectivity index (χ0n) is 14.2. The van der Waals surface area contributed by atoms with Gasteiger partial charge in [-0.1, -0.05) is 18.5 Å². The minimum atomic E-state index is -0.343. The summed E-state index contributed by atoms with van der Waals surface area (Å²) in [4.78, 5) is 26.9. The standard InChI is InChI=1S/C18H20ClNO3S2/c1-3-23-18(22)16-12-6-4-10(2)8-13(12)25-17(16)20-15(21)9-11-5-7-14(19)24-11/h5,7,10H,3-4,6,8-9H2,1-2H3,(H,20,21)/t10-/m1/s1. The van der Waals surface area contributed by atoms with Crippen LogP contribution in [0.3, 0.4) is 0 Å². The van der Waals surface area contributed by atoms with Gasteiger partial charge in [0, 0.05) is 9.75 Å². The first kappa shape index (κ1) is 18.4. The number of nitrogens with one attached hydrogen (secondary N) is 1. The van der Waals surface area contributed by atoms with Crippen LogP contribution in [0.15, 0.2) is 12.1 Å². The van der Waals surface area contributed by atoms with E-state index in [2.05, 4.69) is 12.2 Å². The van der Waals surface area contributed by atoms with Crippen molar-refractivity contribution in [3.05, 3.63) is 37.4 Å². The zero-order valence-corrected chi connectivity index (χ0v) is 16.6. The molecule has 0 fully saturated rings. The zero-order chi connectivity index (χ0) is 18.0. The molecule has 2 heterocycles. The van der Waals surface area contributed by atoms with E-state index >= 15 is 0 Å². The van der Waals surface area contributed by atoms with Crippen molar-refractivity contribution in [3.63, 3.8) is 0 Å². The van der Waals surface area contributed by atoms with Crippen molar-refractivity contribution >= 4 is 51.2 Å². The fourth-order valence-electron chi connectivity index (χ4n) is 3.03. The molecule has 2 aromatic heterocycles. The molecule has 1 aliphatic carbocycles. The van der Waals surface area contributed by atoms with E-state index in [1.54, 1.807) is 13.0 Å². The van der Waals surface area contributed by atoms with Gasteiger partial charge in [0.1, 0.15) is 5.00 Å². The monoisotopic (exact) mass is 397 g/mol. The van der Waals surface area contributed by atoms with Crippen LogP contribution >= 0.6 is 34.3 Å². The number of thiophene rings is 2. The number of anilines is 1. The highest BCUT2D eigenvalue weighted by Crippen LogP contribution is 2.40. The summed E-state index contributed by atoms with van der Waals surface area (Å²) >= 11 is 8.81. The van der Waals surface area contributed by atoms with Gasteiger partial charge in [0.15, 0.2) is 0 Å². The van der Waals surface area contributed by atoms with Crippen molar-refractivity contribution in [3.8, 4) is 0 Å². The summed E-state index contributed by atoms with van der Waals surface area (Å²) in [5, 5.41) is 3.54. The minimum Gasteiger partial charge on any atom is -0.462 e. The SMILES string of the molecule is CCOC(=O)c1c(NC(=O)Cc2ccc(Cl)s2)sc2c1CC[C@@H](C)C2. The Kier molecular flexibility index (Phi) is 5.81. The van der Waals surface area contributed by atoms with Gasteiger partial charge in [0.2, 0.25) is 5.91 Å². The smallest absolute Gasteiger partial charge is 0.341 e. The third-order valence-corrected chi connectivity index (χ3v) is 6.61. The summed E-state index contributed by atoms with van der Waals surface area (Å²) in [6.45, 7) is 4.32. The van der Waals surface area contributed by atoms with Crippen LogP contribution in [-0.4, -0.2) is 18.5 Å². The average Bonchev–Trinajstić information content (AvgIpc) is 3.09. The quantitative estimate of drug-likeness (QED) is 0.726. The van der Waals surface area contributed by atoms with Gasteiger partial charge in [-0.05, 0) is 49.8 Å². The Morgan fingerprint density at radius 2 is 2.16 bits per heavy atom. The van der Waals surface area contributed by atoms with Crippen molar-refractivity contribution in [2.75, 3.05) is 11.9 Å². The van der Waals surface area contributed by atoms with E-state index in [0.29, 0.717) is 27.4 Å². The van der Waals surface area contributed by atoms with Crippen molar-refractivity contribution in [2.24, 2.45) is 5.92 Å². The minimum absolute atomic E-state index is 0.143. The second-order valence-electron chi connectivity index (χ2n) is 6.21. The van der Waals surface area contributed by atoms with Gasteiger partial charge in [-0.2, -0.15) is 0 Å². The maximum absolute atomic E-state index is 12.4. The van der Waals surface area contributed by atoms with Crippen molar-refractivity contribution in [1.29, 1.82) is 0 Å². The van der Waals surface area contributed by atoms with Crippen molar-refractivity contribution < 1.29 is 14.3 Å². The summed E-state index contributed by atoms with van der Waals surface area (Å²) < 4.78 is 5.89. The fourth-order valence-corrected chi connectivity index (χ4v) is 5.54. The molecule has 0 spiro atoms. The molecule has 1 amide bonds. The molecule has 1 atom stereocenters. The molecule has 4 nitrogen and oxygen atoms in total. The normalized spacial score (nSPS) is 16.4. The molecule has 0 bridgehead atoms. The van der Waals surface area contributed by atoms with E-state index < -0.39 is 0 Å². The molecular formula is C18H20ClNO3S2. The Bertz CT molecular complexity index is 796. The fraction of sp³-hybridized carbons (Fsp3) is 0.444.